The van der Waals surface area contributed by atoms with Crippen molar-refractivity contribution < 1.29 is 8.42 Å². The fourth-order valence-corrected chi connectivity index (χ4v) is 3.40. The fourth-order valence-electron chi connectivity index (χ4n) is 2.41. The van der Waals surface area contributed by atoms with Gasteiger partial charge in [0.25, 0.3) is 0 Å². The third-order valence-corrected chi connectivity index (χ3v) is 5.82. The van der Waals surface area contributed by atoms with Gasteiger partial charge in [-0.2, -0.15) is 0 Å². The van der Waals surface area contributed by atoms with Gasteiger partial charge in [-0.1, -0.05) is 40.2 Å². The van der Waals surface area contributed by atoms with E-state index in [0.717, 1.165) is 22.5 Å². The number of hydrogen-bond acceptors (Lipinski definition) is 3. The Morgan fingerprint density at radius 2 is 1.63 bits per heavy atom. The molecule has 0 saturated carbocycles. The third-order valence-electron chi connectivity index (χ3n) is 3.86. The van der Waals surface area contributed by atoms with E-state index in [1.54, 1.807) is 31.3 Å². The van der Waals surface area contributed by atoms with E-state index in [-0.39, 0.29) is 28.9 Å². The van der Waals surface area contributed by atoms with E-state index in [2.05, 4.69) is 43.1 Å². The van der Waals surface area contributed by atoms with Crippen molar-refractivity contribution >= 4 is 55.9 Å². The molecule has 0 bridgehead atoms. The molecule has 0 aromatic heterocycles. The summed E-state index contributed by atoms with van der Waals surface area (Å²) in [4.78, 5) is 6.58. The molecule has 0 aliphatic carbocycles. The lowest BCUT2D eigenvalue weighted by atomic mass is 10.2. The highest BCUT2D eigenvalue weighted by molar-refractivity contribution is 14.0. The molecule has 2 N–H and O–H groups in total. The highest BCUT2D eigenvalue weighted by Gasteiger charge is 2.11. The predicted molar refractivity (Wildman–Crippen MR) is 124 cm³/mol. The predicted octanol–water partition coefficient (Wildman–Crippen LogP) is 3.18. The van der Waals surface area contributed by atoms with Crippen molar-refractivity contribution in [3.8, 4) is 0 Å². The van der Waals surface area contributed by atoms with Crippen molar-refractivity contribution in [3.63, 3.8) is 0 Å². The second-order valence-electron chi connectivity index (χ2n) is 5.73. The fraction of sp³-hybridized carbons (Fsp3) is 0.278. The quantitative estimate of drug-likeness (QED) is 0.320. The molecule has 27 heavy (non-hydrogen) atoms. The van der Waals surface area contributed by atoms with E-state index < -0.39 is 10.0 Å². The first-order chi connectivity index (χ1) is 12.4. The van der Waals surface area contributed by atoms with Crippen LogP contribution in [0.2, 0.25) is 0 Å². The van der Waals surface area contributed by atoms with Gasteiger partial charge in [-0.3, -0.25) is 4.99 Å². The van der Waals surface area contributed by atoms with E-state index in [0.29, 0.717) is 6.54 Å². The SMILES string of the molecule is CN=C(NCc1ccc(S(=O)(=O)NC)cc1)N(C)Cc1ccc(Br)cc1.I. The minimum atomic E-state index is -3.41. The summed E-state index contributed by atoms with van der Waals surface area (Å²) < 4.78 is 26.9. The molecule has 0 aliphatic rings. The molecule has 2 rings (SSSR count). The zero-order valence-electron chi connectivity index (χ0n) is 15.4. The molecule has 0 heterocycles. The third kappa shape index (κ3) is 7.05. The van der Waals surface area contributed by atoms with Gasteiger partial charge in [0, 0.05) is 31.7 Å². The molecule has 2 aromatic rings. The average molecular weight is 567 g/mol. The van der Waals surface area contributed by atoms with Gasteiger partial charge in [0.2, 0.25) is 10.0 Å². The molecule has 6 nitrogen and oxygen atoms in total. The molecule has 2 aromatic carbocycles. The zero-order chi connectivity index (χ0) is 19.2. The molecule has 0 saturated heterocycles. The number of halogens is 2. The lowest BCUT2D eigenvalue weighted by Crippen LogP contribution is -2.38. The van der Waals surface area contributed by atoms with Crippen LogP contribution in [0.3, 0.4) is 0 Å². The second kappa shape index (κ2) is 11.0. The van der Waals surface area contributed by atoms with E-state index >= 15 is 0 Å². The molecule has 0 atom stereocenters. The number of nitrogens with zero attached hydrogens (tertiary/aromatic N) is 2. The summed E-state index contributed by atoms with van der Waals surface area (Å²) in [6.45, 7) is 1.28. The average Bonchev–Trinajstić information content (AvgIpc) is 2.64. The Morgan fingerprint density at radius 1 is 1.07 bits per heavy atom. The summed E-state index contributed by atoms with van der Waals surface area (Å²) in [6.07, 6.45) is 0. The Hall–Kier alpha value is -1.17. The summed E-state index contributed by atoms with van der Waals surface area (Å²) >= 11 is 3.44. The van der Waals surface area contributed by atoms with Gasteiger partial charge in [0.1, 0.15) is 0 Å². The first kappa shape index (κ1) is 23.9. The van der Waals surface area contributed by atoms with Crippen LogP contribution in [-0.2, 0) is 23.1 Å². The van der Waals surface area contributed by atoms with Gasteiger partial charge in [-0.05, 0) is 42.4 Å². The number of hydrogen-bond donors (Lipinski definition) is 2. The topological polar surface area (TPSA) is 73.8 Å². The molecule has 9 heteroatoms. The Morgan fingerprint density at radius 3 is 2.15 bits per heavy atom. The number of aliphatic imine (C=N–C) groups is 1. The summed E-state index contributed by atoms with van der Waals surface area (Å²) in [5, 5.41) is 3.29. The molecule has 0 spiro atoms. The number of sulfonamides is 1. The molecule has 0 amide bonds. The number of guanidine groups is 1. The highest BCUT2D eigenvalue weighted by atomic mass is 127. The largest absolute Gasteiger partial charge is 0.352 e. The molecular formula is C18H24BrIN4O2S. The number of nitrogens with one attached hydrogen (secondary N) is 2. The van der Waals surface area contributed by atoms with Gasteiger partial charge < -0.3 is 10.2 Å². The lowest BCUT2D eigenvalue weighted by molar-refractivity contribution is 0.476. The van der Waals surface area contributed by atoms with E-state index in [1.165, 1.54) is 12.6 Å². The standard InChI is InChI=1S/C18H23BrN4O2S.HI/c1-20-18(23(3)13-15-4-8-16(19)9-5-15)22-12-14-6-10-17(11-7-14)26(24,25)21-2;/h4-11,21H,12-13H2,1-3H3,(H,20,22);1H. The number of rotatable bonds is 6. The van der Waals surface area contributed by atoms with Crippen LogP contribution in [0.4, 0.5) is 0 Å². The monoisotopic (exact) mass is 566 g/mol. The van der Waals surface area contributed by atoms with Crippen molar-refractivity contribution in [1.82, 2.24) is 14.9 Å². The maximum atomic E-state index is 11.8. The summed E-state index contributed by atoms with van der Waals surface area (Å²) in [5.41, 5.74) is 2.15. The van der Waals surface area contributed by atoms with Crippen LogP contribution in [0, 0.1) is 0 Å². The van der Waals surface area contributed by atoms with E-state index in [1.807, 2.05) is 24.1 Å². The number of benzene rings is 2. The molecule has 0 unspecified atom stereocenters. The maximum absolute atomic E-state index is 11.8. The van der Waals surface area contributed by atoms with Crippen molar-refractivity contribution in [2.24, 2.45) is 4.99 Å². The van der Waals surface area contributed by atoms with Crippen molar-refractivity contribution in [3.05, 3.63) is 64.1 Å². The Kier molecular flexibility index (Phi) is 9.71. The summed E-state index contributed by atoms with van der Waals surface area (Å²) in [7, 11) is 1.70. The van der Waals surface area contributed by atoms with Crippen molar-refractivity contribution in [2.45, 2.75) is 18.0 Å². The van der Waals surface area contributed by atoms with Crippen LogP contribution in [0.25, 0.3) is 0 Å². The maximum Gasteiger partial charge on any atom is 0.240 e. The van der Waals surface area contributed by atoms with Gasteiger partial charge in [0.15, 0.2) is 5.96 Å². The van der Waals surface area contributed by atoms with Crippen molar-refractivity contribution in [1.29, 1.82) is 0 Å². The van der Waals surface area contributed by atoms with E-state index in [4.69, 9.17) is 0 Å². The van der Waals surface area contributed by atoms with E-state index in [9.17, 15) is 8.42 Å². The van der Waals surface area contributed by atoms with Crippen LogP contribution in [0.15, 0.2) is 62.9 Å². The van der Waals surface area contributed by atoms with Crippen LogP contribution < -0.4 is 10.0 Å². The van der Waals surface area contributed by atoms with Crippen LogP contribution in [-0.4, -0.2) is 40.4 Å². The van der Waals surface area contributed by atoms with Gasteiger partial charge in [-0.15, -0.1) is 24.0 Å². The molecule has 0 radical (unpaired) electrons. The first-order valence-corrected chi connectivity index (χ1v) is 10.3. The molecular weight excluding hydrogens is 543 g/mol. The minimum absolute atomic E-state index is 0. The minimum Gasteiger partial charge on any atom is -0.352 e. The van der Waals surface area contributed by atoms with Gasteiger partial charge >= 0.3 is 0 Å². The Balaban J connectivity index is 0.00000364. The smallest absolute Gasteiger partial charge is 0.240 e. The molecule has 148 valence electrons. The Labute approximate surface area is 186 Å². The Bertz CT molecular complexity index is 856. The highest BCUT2D eigenvalue weighted by Crippen LogP contribution is 2.12. The van der Waals surface area contributed by atoms with Crippen LogP contribution in [0.1, 0.15) is 11.1 Å². The first-order valence-electron chi connectivity index (χ1n) is 8.04. The molecule has 0 aliphatic heterocycles. The van der Waals surface area contributed by atoms with Gasteiger partial charge in [-0.25, -0.2) is 13.1 Å². The normalized spacial score (nSPS) is 11.6. The molecule has 0 fully saturated rings. The lowest BCUT2D eigenvalue weighted by Gasteiger charge is -2.22. The zero-order valence-corrected chi connectivity index (χ0v) is 20.2. The van der Waals surface area contributed by atoms with Gasteiger partial charge in [0.05, 0.1) is 4.90 Å². The van der Waals surface area contributed by atoms with Crippen LogP contribution in [0.5, 0.6) is 0 Å². The van der Waals surface area contributed by atoms with Crippen LogP contribution >= 0.6 is 39.9 Å². The summed E-state index contributed by atoms with van der Waals surface area (Å²) in [5.74, 6) is 0.764. The second-order valence-corrected chi connectivity index (χ2v) is 8.54. The van der Waals surface area contributed by atoms with Crippen molar-refractivity contribution in [2.75, 3.05) is 21.1 Å². The summed E-state index contributed by atoms with van der Waals surface area (Å²) in [6, 6.07) is 14.9.